The van der Waals surface area contributed by atoms with Crippen LogP contribution in [0.15, 0.2) is 54.6 Å². The van der Waals surface area contributed by atoms with Crippen LogP contribution in [0, 0.1) is 0 Å². The lowest BCUT2D eigenvalue weighted by atomic mass is 10.1. The third kappa shape index (κ3) is 7.21. The molecule has 10 nitrogen and oxygen atoms in total. The predicted octanol–water partition coefficient (Wildman–Crippen LogP) is 4.36. The quantitative estimate of drug-likeness (QED) is 0.228. The smallest absolute Gasteiger partial charge is 0.408 e. The molecule has 0 aliphatic carbocycles. The minimum Gasteiger partial charge on any atom is -0.445 e. The number of carbonyl (C=O) groups excluding carboxylic acids is 3. The summed E-state index contributed by atoms with van der Waals surface area (Å²) in [6, 6.07) is 15.9. The molecule has 3 rings (SSSR count). The molecule has 1 aliphatic heterocycles. The molecule has 0 saturated carbocycles. The summed E-state index contributed by atoms with van der Waals surface area (Å²) >= 11 is 0. The fourth-order valence-electron chi connectivity index (χ4n) is 3.66. The van der Waals surface area contributed by atoms with Crippen molar-refractivity contribution in [3.63, 3.8) is 0 Å². The van der Waals surface area contributed by atoms with E-state index in [2.05, 4.69) is 5.32 Å². The van der Waals surface area contributed by atoms with Crippen LogP contribution in [0.3, 0.4) is 0 Å². The van der Waals surface area contributed by atoms with Gasteiger partial charge in [0.1, 0.15) is 12.4 Å². The number of hydrogen-bond acceptors (Lipinski definition) is 8. The van der Waals surface area contributed by atoms with Gasteiger partial charge < -0.3 is 14.6 Å². The summed E-state index contributed by atoms with van der Waals surface area (Å²) in [7, 11) is 0.346. The molecule has 1 aliphatic rings. The van der Waals surface area contributed by atoms with Gasteiger partial charge in [0.25, 0.3) is 11.8 Å². The van der Waals surface area contributed by atoms with Crippen LogP contribution in [0.1, 0.15) is 45.5 Å². The standard InChI is InChI=1S/C24H31N3O7P2/c1-26(2)35-34-36(31,32-3)21(25-24(30)33-17-18-11-5-4-6-12-18)15-9-10-16-27-22(28)19-13-7-8-14-20(19)23(27)29/h4-8,11-14,21,35H,9-10,15-17H2,1-3H3,(H,25,30)/p+1. The minimum atomic E-state index is -3.72. The van der Waals surface area contributed by atoms with Crippen molar-refractivity contribution in [3.05, 3.63) is 71.3 Å². The molecular weight excluding hydrogens is 504 g/mol. The SMILES string of the molecule is COP(=O)(O[PH2+]N(C)C)C(CCCCN1C(=O)c2ccccc2C1=O)NC(=O)OCc1ccccc1. The molecule has 12 heteroatoms. The van der Waals surface area contributed by atoms with Gasteiger partial charge >= 0.3 is 13.7 Å². The van der Waals surface area contributed by atoms with E-state index in [1.807, 2.05) is 30.3 Å². The van der Waals surface area contributed by atoms with Gasteiger partial charge in [0.05, 0.1) is 11.1 Å². The molecule has 2 aromatic carbocycles. The van der Waals surface area contributed by atoms with Crippen LogP contribution in [0.5, 0.6) is 0 Å². The van der Waals surface area contributed by atoms with Gasteiger partial charge in [-0.3, -0.25) is 19.1 Å². The number of nitrogens with zero attached hydrogens (tertiary/aromatic N) is 2. The summed E-state index contributed by atoms with van der Waals surface area (Å²) in [4.78, 5) is 38.9. The lowest BCUT2D eigenvalue weighted by molar-refractivity contribution is 0.0651. The summed E-state index contributed by atoms with van der Waals surface area (Å²) in [6.07, 6.45) is 0.393. The Balaban J connectivity index is 1.59. The minimum absolute atomic E-state index is 0.0558. The Hall–Kier alpha value is -2.61. The van der Waals surface area contributed by atoms with Crippen LogP contribution in [-0.4, -0.2) is 61.0 Å². The molecule has 3 unspecified atom stereocenters. The highest BCUT2D eigenvalue weighted by Gasteiger charge is 2.40. The Bertz CT molecular complexity index is 1080. The summed E-state index contributed by atoms with van der Waals surface area (Å²) in [5, 5.41) is 2.64. The van der Waals surface area contributed by atoms with E-state index in [1.165, 1.54) is 12.0 Å². The van der Waals surface area contributed by atoms with Gasteiger partial charge in [-0.25, -0.2) is 4.79 Å². The number of rotatable bonds is 13. The normalized spacial score (nSPS) is 15.8. The van der Waals surface area contributed by atoms with Crippen molar-refractivity contribution in [3.8, 4) is 0 Å². The van der Waals surface area contributed by atoms with E-state index >= 15 is 0 Å². The molecule has 0 spiro atoms. The number of imide groups is 1. The van der Waals surface area contributed by atoms with Gasteiger partial charge in [-0.15, -0.1) is 4.31 Å². The van der Waals surface area contributed by atoms with Crippen molar-refractivity contribution in [2.75, 3.05) is 27.7 Å². The maximum absolute atomic E-state index is 13.5. The molecule has 3 amide bonds. The van der Waals surface area contributed by atoms with Crippen LogP contribution in [-0.2, 0) is 24.7 Å². The molecule has 0 saturated heterocycles. The van der Waals surface area contributed by atoms with Gasteiger partial charge in [0.15, 0.2) is 0 Å². The van der Waals surface area contributed by atoms with E-state index in [0.29, 0.717) is 24.0 Å². The van der Waals surface area contributed by atoms with Crippen molar-refractivity contribution in [1.29, 1.82) is 0 Å². The Morgan fingerprint density at radius 2 is 1.64 bits per heavy atom. The first kappa shape index (κ1) is 28.0. The van der Waals surface area contributed by atoms with Crippen molar-refractivity contribution in [1.82, 2.24) is 14.9 Å². The first-order valence-electron chi connectivity index (χ1n) is 11.5. The van der Waals surface area contributed by atoms with E-state index in [-0.39, 0.29) is 31.4 Å². The monoisotopic (exact) mass is 536 g/mol. The Kier molecular flexibility index (Phi) is 10.2. The highest BCUT2D eigenvalue weighted by molar-refractivity contribution is 7.60. The molecule has 3 atom stereocenters. The number of carbonyl (C=O) groups is 3. The van der Waals surface area contributed by atoms with E-state index in [9.17, 15) is 18.9 Å². The number of fused-ring (bicyclic) bond motifs is 1. The molecule has 0 aromatic heterocycles. The van der Waals surface area contributed by atoms with Gasteiger partial charge in [-0.2, -0.15) is 4.67 Å². The lowest BCUT2D eigenvalue weighted by Crippen LogP contribution is -2.36. The van der Waals surface area contributed by atoms with Crippen molar-refractivity contribution in [2.24, 2.45) is 0 Å². The van der Waals surface area contributed by atoms with E-state index in [1.54, 1.807) is 43.0 Å². The van der Waals surface area contributed by atoms with E-state index in [0.717, 1.165) is 5.56 Å². The maximum Gasteiger partial charge on any atom is 0.408 e. The molecule has 36 heavy (non-hydrogen) atoms. The lowest BCUT2D eigenvalue weighted by Gasteiger charge is -2.24. The molecule has 0 radical (unpaired) electrons. The molecule has 194 valence electrons. The number of benzene rings is 2. The highest BCUT2D eigenvalue weighted by atomic mass is 31.2. The largest absolute Gasteiger partial charge is 0.445 e. The zero-order chi connectivity index (χ0) is 26.1. The van der Waals surface area contributed by atoms with Crippen LogP contribution < -0.4 is 5.32 Å². The predicted molar refractivity (Wildman–Crippen MR) is 138 cm³/mol. The zero-order valence-electron chi connectivity index (χ0n) is 20.6. The molecule has 0 bridgehead atoms. The van der Waals surface area contributed by atoms with Gasteiger partial charge in [-0.05, 0) is 37.0 Å². The first-order chi connectivity index (χ1) is 17.2. The van der Waals surface area contributed by atoms with E-state index < -0.39 is 28.4 Å². The number of amides is 3. The fourth-order valence-corrected chi connectivity index (χ4v) is 6.89. The van der Waals surface area contributed by atoms with Crippen molar-refractivity contribution >= 4 is 34.5 Å². The topological polar surface area (TPSA) is 114 Å². The van der Waals surface area contributed by atoms with Crippen LogP contribution in [0.4, 0.5) is 4.79 Å². The fraction of sp³-hybridized carbons (Fsp3) is 0.375. The van der Waals surface area contributed by atoms with E-state index in [4.69, 9.17) is 13.6 Å². The average molecular weight is 536 g/mol. The Labute approximate surface area is 212 Å². The summed E-state index contributed by atoms with van der Waals surface area (Å²) in [6.45, 7) is 0.263. The number of unbranched alkanes of at least 4 members (excludes halogenated alkanes) is 1. The average Bonchev–Trinajstić information content (AvgIpc) is 3.13. The second kappa shape index (κ2) is 13.1. The zero-order valence-corrected chi connectivity index (χ0v) is 22.6. The van der Waals surface area contributed by atoms with Crippen molar-refractivity contribution in [2.45, 2.75) is 31.7 Å². The molecule has 1 heterocycles. The summed E-state index contributed by atoms with van der Waals surface area (Å²) < 4.78 is 31.4. The number of alkyl carbamates (subject to hydrolysis) is 1. The second-order valence-electron chi connectivity index (χ2n) is 8.42. The Morgan fingerprint density at radius 1 is 1.03 bits per heavy atom. The van der Waals surface area contributed by atoms with Crippen LogP contribution >= 0.6 is 16.6 Å². The van der Waals surface area contributed by atoms with Crippen LogP contribution in [0.25, 0.3) is 0 Å². The second-order valence-corrected chi connectivity index (χ2v) is 12.6. The molecule has 0 fully saturated rings. The highest BCUT2D eigenvalue weighted by Crippen LogP contribution is 2.57. The molecule has 1 N–H and O–H groups in total. The Morgan fingerprint density at radius 3 is 2.22 bits per heavy atom. The van der Waals surface area contributed by atoms with Gasteiger partial charge in [0.2, 0.25) is 8.96 Å². The number of ether oxygens (including phenoxy) is 1. The molecule has 2 aromatic rings. The van der Waals surface area contributed by atoms with Gasteiger partial charge in [-0.1, -0.05) is 42.5 Å². The summed E-state index contributed by atoms with van der Waals surface area (Å²) in [5.41, 5.74) is 1.60. The van der Waals surface area contributed by atoms with Crippen molar-refractivity contribution < 1.29 is 32.5 Å². The number of hydrogen-bond donors (Lipinski definition) is 1. The molecular formula is C24H32N3O7P2+. The third-order valence-corrected chi connectivity index (χ3v) is 9.16. The first-order valence-corrected chi connectivity index (χ1v) is 14.1. The summed E-state index contributed by atoms with van der Waals surface area (Å²) in [5.74, 6) is -1.61. The third-order valence-electron chi connectivity index (χ3n) is 5.53. The number of nitrogens with one attached hydrogen (secondary N) is 1. The van der Waals surface area contributed by atoms with Gasteiger partial charge in [0, 0.05) is 27.7 Å². The maximum atomic E-state index is 13.5. The van der Waals surface area contributed by atoms with Crippen LogP contribution in [0.2, 0.25) is 0 Å².